The molecule has 3 heteroatoms. The largest absolute Gasteiger partial charge is 0.353 e. The maximum atomic E-state index is 12.5. The minimum atomic E-state index is 0.0662. The van der Waals surface area contributed by atoms with E-state index in [2.05, 4.69) is 17.6 Å². The van der Waals surface area contributed by atoms with Gasteiger partial charge < -0.3 is 10.6 Å². The van der Waals surface area contributed by atoms with Crippen molar-refractivity contribution < 1.29 is 4.79 Å². The summed E-state index contributed by atoms with van der Waals surface area (Å²) < 4.78 is 0. The van der Waals surface area contributed by atoms with Crippen molar-refractivity contribution in [3.8, 4) is 0 Å². The SMILES string of the molecule is CNC1(CC(=O)NC(C)C2CC3CCC2C3)CCCCC1. The second-order valence-electron chi connectivity index (χ2n) is 7.96. The Morgan fingerprint density at radius 1 is 1.19 bits per heavy atom. The van der Waals surface area contributed by atoms with Gasteiger partial charge in [0.1, 0.15) is 0 Å². The topological polar surface area (TPSA) is 41.1 Å². The van der Waals surface area contributed by atoms with Crippen LogP contribution in [-0.4, -0.2) is 24.5 Å². The molecule has 2 N–H and O–H groups in total. The molecule has 3 aliphatic rings. The molecule has 0 aliphatic heterocycles. The Kier molecular flexibility index (Phi) is 4.58. The molecule has 0 aromatic carbocycles. The first-order valence-corrected chi connectivity index (χ1v) is 9.10. The highest BCUT2D eigenvalue weighted by Crippen LogP contribution is 2.49. The predicted molar refractivity (Wildman–Crippen MR) is 86.0 cm³/mol. The molecule has 4 unspecified atom stereocenters. The van der Waals surface area contributed by atoms with Crippen molar-refractivity contribution >= 4 is 5.91 Å². The molecule has 0 radical (unpaired) electrons. The van der Waals surface area contributed by atoms with Gasteiger partial charge in [0, 0.05) is 18.0 Å². The lowest BCUT2D eigenvalue weighted by atomic mass is 9.79. The van der Waals surface area contributed by atoms with E-state index >= 15 is 0 Å². The van der Waals surface area contributed by atoms with Crippen LogP contribution in [0.3, 0.4) is 0 Å². The van der Waals surface area contributed by atoms with Crippen LogP contribution in [0.5, 0.6) is 0 Å². The lowest BCUT2D eigenvalue weighted by molar-refractivity contribution is -0.124. The Labute approximate surface area is 129 Å². The van der Waals surface area contributed by atoms with Crippen molar-refractivity contribution in [2.75, 3.05) is 7.05 Å². The zero-order chi connectivity index (χ0) is 14.9. The van der Waals surface area contributed by atoms with E-state index in [4.69, 9.17) is 0 Å². The molecule has 0 aromatic rings. The number of hydrogen-bond acceptors (Lipinski definition) is 2. The number of carbonyl (C=O) groups excluding carboxylic acids is 1. The van der Waals surface area contributed by atoms with Crippen LogP contribution in [0.2, 0.25) is 0 Å². The van der Waals surface area contributed by atoms with Gasteiger partial charge in [-0.05, 0) is 63.8 Å². The molecule has 4 atom stereocenters. The average molecular weight is 292 g/mol. The molecule has 3 rings (SSSR count). The number of amides is 1. The lowest BCUT2D eigenvalue weighted by Crippen LogP contribution is -2.50. The Bertz CT molecular complexity index is 375. The Morgan fingerprint density at radius 3 is 2.52 bits per heavy atom. The summed E-state index contributed by atoms with van der Waals surface area (Å²) in [5.74, 6) is 2.85. The minimum Gasteiger partial charge on any atom is -0.353 e. The van der Waals surface area contributed by atoms with Crippen LogP contribution in [-0.2, 0) is 4.79 Å². The molecule has 3 nitrogen and oxygen atoms in total. The third-order valence-corrected chi connectivity index (χ3v) is 6.66. The van der Waals surface area contributed by atoms with Crippen LogP contribution in [0.25, 0.3) is 0 Å². The van der Waals surface area contributed by atoms with Gasteiger partial charge in [0.15, 0.2) is 0 Å². The van der Waals surface area contributed by atoms with Crippen LogP contribution < -0.4 is 10.6 Å². The van der Waals surface area contributed by atoms with E-state index in [1.807, 2.05) is 7.05 Å². The Hall–Kier alpha value is -0.570. The van der Waals surface area contributed by atoms with Gasteiger partial charge in [0.05, 0.1) is 0 Å². The van der Waals surface area contributed by atoms with Gasteiger partial charge in [0.2, 0.25) is 5.91 Å². The van der Waals surface area contributed by atoms with E-state index in [1.165, 1.54) is 44.9 Å². The Balaban J connectivity index is 1.51. The fraction of sp³-hybridized carbons (Fsp3) is 0.944. The zero-order valence-corrected chi connectivity index (χ0v) is 13.8. The summed E-state index contributed by atoms with van der Waals surface area (Å²) in [7, 11) is 2.03. The average Bonchev–Trinajstić information content (AvgIpc) is 3.10. The van der Waals surface area contributed by atoms with E-state index in [1.54, 1.807) is 0 Å². The van der Waals surface area contributed by atoms with Crippen LogP contribution in [0.4, 0.5) is 0 Å². The first kappa shape index (κ1) is 15.3. The number of rotatable bonds is 5. The van der Waals surface area contributed by atoms with E-state index in [0.29, 0.717) is 12.5 Å². The smallest absolute Gasteiger partial charge is 0.222 e. The lowest BCUT2D eigenvalue weighted by Gasteiger charge is -2.37. The molecular formula is C18H32N2O. The van der Waals surface area contributed by atoms with E-state index in [0.717, 1.165) is 30.6 Å². The number of hydrogen-bond donors (Lipinski definition) is 2. The second-order valence-corrected chi connectivity index (χ2v) is 7.96. The monoisotopic (exact) mass is 292 g/mol. The van der Waals surface area contributed by atoms with Crippen molar-refractivity contribution in [1.29, 1.82) is 0 Å². The molecule has 0 spiro atoms. The first-order valence-electron chi connectivity index (χ1n) is 9.10. The van der Waals surface area contributed by atoms with Crippen molar-refractivity contribution in [1.82, 2.24) is 10.6 Å². The van der Waals surface area contributed by atoms with Gasteiger partial charge in [-0.3, -0.25) is 4.79 Å². The molecular weight excluding hydrogens is 260 g/mol. The molecule has 0 aromatic heterocycles. The maximum Gasteiger partial charge on any atom is 0.222 e. The van der Waals surface area contributed by atoms with E-state index in [9.17, 15) is 4.79 Å². The van der Waals surface area contributed by atoms with Crippen molar-refractivity contribution in [2.45, 2.75) is 82.7 Å². The van der Waals surface area contributed by atoms with Gasteiger partial charge in [-0.25, -0.2) is 0 Å². The highest BCUT2D eigenvalue weighted by Gasteiger charge is 2.42. The Morgan fingerprint density at radius 2 is 1.95 bits per heavy atom. The molecule has 3 aliphatic carbocycles. The highest BCUT2D eigenvalue weighted by molar-refractivity contribution is 5.77. The quantitative estimate of drug-likeness (QED) is 0.817. The molecule has 2 bridgehead atoms. The summed E-state index contributed by atoms with van der Waals surface area (Å²) in [4.78, 5) is 12.5. The second kappa shape index (κ2) is 6.28. The van der Waals surface area contributed by atoms with Crippen LogP contribution in [0.15, 0.2) is 0 Å². The maximum absolute atomic E-state index is 12.5. The minimum absolute atomic E-state index is 0.0662. The van der Waals surface area contributed by atoms with Crippen molar-refractivity contribution in [3.63, 3.8) is 0 Å². The first-order chi connectivity index (χ1) is 10.1. The van der Waals surface area contributed by atoms with Crippen molar-refractivity contribution in [3.05, 3.63) is 0 Å². The molecule has 120 valence electrons. The van der Waals surface area contributed by atoms with Gasteiger partial charge in [-0.1, -0.05) is 25.7 Å². The zero-order valence-electron chi connectivity index (χ0n) is 13.8. The molecule has 3 fully saturated rings. The summed E-state index contributed by atoms with van der Waals surface area (Å²) in [6.45, 7) is 2.23. The summed E-state index contributed by atoms with van der Waals surface area (Å²) in [5.41, 5.74) is 0.0662. The van der Waals surface area contributed by atoms with Gasteiger partial charge in [-0.15, -0.1) is 0 Å². The number of fused-ring (bicyclic) bond motifs is 2. The third kappa shape index (κ3) is 3.28. The molecule has 21 heavy (non-hydrogen) atoms. The van der Waals surface area contributed by atoms with Crippen LogP contribution in [0.1, 0.15) is 71.1 Å². The van der Waals surface area contributed by atoms with Gasteiger partial charge >= 0.3 is 0 Å². The normalized spacial score (nSPS) is 35.6. The van der Waals surface area contributed by atoms with Gasteiger partial charge in [0.25, 0.3) is 0 Å². The molecule has 3 saturated carbocycles. The van der Waals surface area contributed by atoms with Crippen LogP contribution in [0, 0.1) is 17.8 Å². The fourth-order valence-corrected chi connectivity index (χ4v) is 5.37. The number of carbonyl (C=O) groups is 1. The molecule has 1 amide bonds. The van der Waals surface area contributed by atoms with Crippen LogP contribution >= 0.6 is 0 Å². The number of nitrogens with one attached hydrogen (secondary N) is 2. The highest BCUT2D eigenvalue weighted by atomic mass is 16.1. The summed E-state index contributed by atoms with van der Waals surface area (Å²) in [6, 6.07) is 0.366. The summed E-state index contributed by atoms with van der Waals surface area (Å²) in [6.07, 6.45) is 12.4. The van der Waals surface area contributed by atoms with E-state index < -0.39 is 0 Å². The summed E-state index contributed by atoms with van der Waals surface area (Å²) in [5, 5.41) is 6.79. The fourth-order valence-electron chi connectivity index (χ4n) is 5.37. The predicted octanol–water partition coefficient (Wildman–Crippen LogP) is 3.24. The summed E-state index contributed by atoms with van der Waals surface area (Å²) >= 11 is 0. The third-order valence-electron chi connectivity index (χ3n) is 6.66. The van der Waals surface area contributed by atoms with Gasteiger partial charge in [-0.2, -0.15) is 0 Å². The standard InChI is InChI=1S/C18H32N2O/c1-13(16-11-14-6-7-15(16)10-14)20-17(21)12-18(19-2)8-4-3-5-9-18/h13-16,19H,3-12H2,1-2H3,(H,20,21). The molecule has 0 saturated heterocycles. The van der Waals surface area contributed by atoms with Crippen molar-refractivity contribution in [2.24, 2.45) is 17.8 Å². The van der Waals surface area contributed by atoms with E-state index in [-0.39, 0.29) is 11.4 Å². The molecule has 0 heterocycles.